The molecule has 0 saturated carbocycles. The highest BCUT2D eigenvalue weighted by molar-refractivity contribution is 6.34. The van der Waals surface area contributed by atoms with Crippen LogP contribution < -0.4 is 5.32 Å². The maximum atomic E-state index is 13.2. The Morgan fingerprint density at radius 1 is 1.06 bits per heavy atom. The highest BCUT2D eigenvalue weighted by atomic mass is 35.5. The van der Waals surface area contributed by atoms with Crippen LogP contribution in [0, 0.1) is 16.0 Å². The highest BCUT2D eigenvalue weighted by Crippen LogP contribution is 2.28. The van der Waals surface area contributed by atoms with E-state index >= 15 is 0 Å². The van der Waals surface area contributed by atoms with Crippen LogP contribution in [0.3, 0.4) is 0 Å². The SMILES string of the molecule is O=C(Nc1ccccc1C(=O)N1CCC(C2OCCO2)CC1)c1ccc([N+](=O)[O-])cc1Cl. The Bertz CT molecular complexity index is 1030. The van der Waals surface area contributed by atoms with E-state index in [1.54, 1.807) is 29.2 Å². The molecule has 10 heteroatoms. The topological polar surface area (TPSA) is 111 Å². The Balaban J connectivity index is 1.45. The predicted molar refractivity (Wildman–Crippen MR) is 117 cm³/mol. The number of para-hydroxylation sites is 1. The molecule has 2 aliphatic rings. The summed E-state index contributed by atoms with van der Waals surface area (Å²) < 4.78 is 11.2. The van der Waals surface area contributed by atoms with E-state index in [1.165, 1.54) is 12.1 Å². The molecule has 0 bridgehead atoms. The molecule has 4 rings (SSSR count). The third-order valence-corrected chi connectivity index (χ3v) is 5.99. The molecule has 2 amide bonds. The molecule has 0 atom stereocenters. The van der Waals surface area contributed by atoms with Crippen LogP contribution in [0.2, 0.25) is 5.02 Å². The van der Waals surface area contributed by atoms with Gasteiger partial charge in [0, 0.05) is 31.1 Å². The van der Waals surface area contributed by atoms with Crippen molar-refractivity contribution < 1.29 is 24.0 Å². The molecule has 0 aromatic heterocycles. The number of carbonyl (C=O) groups excluding carboxylic acids is 2. The van der Waals surface area contributed by atoms with Gasteiger partial charge in [-0.15, -0.1) is 0 Å². The van der Waals surface area contributed by atoms with Crippen molar-refractivity contribution in [2.75, 3.05) is 31.6 Å². The van der Waals surface area contributed by atoms with E-state index in [-0.39, 0.29) is 34.4 Å². The Morgan fingerprint density at radius 3 is 2.41 bits per heavy atom. The van der Waals surface area contributed by atoms with Gasteiger partial charge in [-0.05, 0) is 31.0 Å². The van der Waals surface area contributed by atoms with Crippen molar-refractivity contribution >= 4 is 34.8 Å². The fraction of sp³-hybridized carbons (Fsp3) is 0.364. The summed E-state index contributed by atoms with van der Waals surface area (Å²) in [4.78, 5) is 38.0. The summed E-state index contributed by atoms with van der Waals surface area (Å²) in [6.07, 6.45) is 1.37. The Kier molecular flexibility index (Phi) is 6.69. The van der Waals surface area contributed by atoms with Crippen molar-refractivity contribution in [2.45, 2.75) is 19.1 Å². The van der Waals surface area contributed by atoms with Crippen molar-refractivity contribution in [3.63, 3.8) is 0 Å². The van der Waals surface area contributed by atoms with Crippen LogP contribution in [0.1, 0.15) is 33.6 Å². The van der Waals surface area contributed by atoms with Crippen LogP contribution in [-0.4, -0.2) is 54.2 Å². The minimum absolute atomic E-state index is 0.0427. The predicted octanol–water partition coefficient (Wildman–Crippen LogP) is 3.73. The number of amides is 2. The number of ether oxygens (including phenoxy) is 2. The number of nitro groups is 1. The first-order valence-electron chi connectivity index (χ1n) is 10.3. The van der Waals surface area contributed by atoms with Gasteiger partial charge in [-0.2, -0.15) is 0 Å². The van der Waals surface area contributed by atoms with Crippen LogP contribution in [0.5, 0.6) is 0 Å². The lowest BCUT2D eigenvalue weighted by Gasteiger charge is -2.34. The van der Waals surface area contributed by atoms with E-state index < -0.39 is 10.8 Å². The summed E-state index contributed by atoms with van der Waals surface area (Å²) >= 11 is 6.07. The molecular formula is C22H22ClN3O6. The molecule has 2 aliphatic heterocycles. The summed E-state index contributed by atoms with van der Waals surface area (Å²) in [6, 6.07) is 10.4. The molecule has 0 unspecified atom stereocenters. The zero-order valence-electron chi connectivity index (χ0n) is 17.2. The number of piperidine rings is 1. The average molecular weight is 460 g/mol. The number of nitrogens with one attached hydrogen (secondary N) is 1. The standard InChI is InChI=1S/C22H22ClN3O6/c23-18-13-15(26(29)30)5-6-16(18)20(27)24-19-4-2-1-3-17(19)21(28)25-9-7-14(8-10-25)22-31-11-12-32-22/h1-6,13-14,22H,7-12H2,(H,24,27). The number of hydrogen-bond donors (Lipinski definition) is 1. The molecule has 2 aromatic carbocycles. The lowest BCUT2D eigenvalue weighted by atomic mass is 9.95. The molecule has 2 heterocycles. The summed E-state index contributed by atoms with van der Waals surface area (Å²) in [7, 11) is 0. The normalized spacial score (nSPS) is 17.3. The largest absolute Gasteiger partial charge is 0.350 e. The van der Waals surface area contributed by atoms with Gasteiger partial charge in [-0.1, -0.05) is 23.7 Å². The van der Waals surface area contributed by atoms with E-state index in [9.17, 15) is 19.7 Å². The Hall–Kier alpha value is -3.01. The highest BCUT2D eigenvalue weighted by Gasteiger charge is 2.32. The number of carbonyl (C=O) groups is 2. The van der Waals surface area contributed by atoms with Crippen LogP contribution in [0.25, 0.3) is 0 Å². The molecule has 0 radical (unpaired) electrons. The molecule has 2 saturated heterocycles. The average Bonchev–Trinajstić information content (AvgIpc) is 3.34. The molecule has 0 spiro atoms. The van der Waals surface area contributed by atoms with E-state index in [4.69, 9.17) is 21.1 Å². The quantitative estimate of drug-likeness (QED) is 0.538. The summed E-state index contributed by atoms with van der Waals surface area (Å²) in [5, 5.41) is 13.5. The van der Waals surface area contributed by atoms with Crippen molar-refractivity contribution in [3.8, 4) is 0 Å². The van der Waals surface area contributed by atoms with E-state index in [0.717, 1.165) is 18.9 Å². The number of nitro benzene ring substituents is 1. The van der Waals surface area contributed by atoms with Crippen molar-refractivity contribution in [2.24, 2.45) is 5.92 Å². The van der Waals surface area contributed by atoms with Crippen LogP contribution in [-0.2, 0) is 9.47 Å². The first-order chi connectivity index (χ1) is 15.4. The third-order valence-electron chi connectivity index (χ3n) is 5.67. The third kappa shape index (κ3) is 4.74. The molecule has 9 nitrogen and oxygen atoms in total. The first-order valence-corrected chi connectivity index (χ1v) is 10.7. The number of anilines is 1. The van der Waals surface area contributed by atoms with E-state index in [0.29, 0.717) is 37.6 Å². The van der Waals surface area contributed by atoms with Gasteiger partial charge >= 0.3 is 0 Å². The second-order valence-corrected chi connectivity index (χ2v) is 8.07. The van der Waals surface area contributed by atoms with Crippen molar-refractivity contribution in [1.29, 1.82) is 0 Å². The molecular weight excluding hydrogens is 438 g/mol. The molecule has 32 heavy (non-hydrogen) atoms. The van der Waals surface area contributed by atoms with E-state index in [1.807, 2.05) is 0 Å². The molecule has 2 aromatic rings. The monoisotopic (exact) mass is 459 g/mol. The molecule has 0 aliphatic carbocycles. The number of benzene rings is 2. The van der Waals surface area contributed by atoms with Gasteiger partial charge in [-0.25, -0.2) is 0 Å². The minimum Gasteiger partial charge on any atom is -0.350 e. The molecule has 2 fully saturated rings. The fourth-order valence-electron chi connectivity index (χ4n) is 3.96. The molecule has 1 N–H and O–H groups in total. The second kappa shape index (κ2) is 9.64. The molecule has 168 valence electrons. The van der Waals surface area contributed by atoms with Crippen molar-refractivity contribution in [3.05, 3.63) is 68.7 Å². The summed E-state index contributed by atoms with van der Waals surface area (Å²) in [6.45, 7) is 2.36. The van der Waals surface area contributed by atoms with Gasteiger partial charge < -0.3 is 19.7 Å². The smallest absolute Gasteiger partial charge is 0.270 e. The number of non-ortho nitro benzene ring substituents is 1. The van der Waals surface area contributed by atoms with Gasteiger partial charge in [0.25, 0.3) is 17.5 Å². The van der Waals surface area contributed by atoms with Gasteiger partial charge in [0.2, 0.25) is 0 Å². The number of likely N-dealkylation sites (tertiary alicyclic amines) is 1. The zero-order chi connectivity index (χ0) is 22.7. The first kappa shape index (κ1) is 22.2. The zero-order valence-corrected chi connectivity index (χ0v) is 17.9. The Morgan fingerprint density at radius 2 is 1.75 bits per heavy atom. The summed E-state index contributed by atoms with van der Waals surface area (Å²) in [5.41, 5.74) is 0.586. The number of hydrogen-bond acceptors (Lipinski definition) is 6. The lowest BCUT2D eigenvalue weighted by molar-refractivity contribution is -0.384. The maximum absolute atomic E-state index is 13.2. The van der Waals surface area contributed by atoms with Crippen LogP contribution >= 0.6 is 11.6 Å². The lowest BCUT2D eigenvalue weighted by Crippen LogP contribution is -2.41. The van der Waals surface area contributed by atoms with E-state index in [2.05, 4.69) is 5.32 Å². The maximum Gasteiger partial charge on any atom is 0.270 e. The summed E-state index contributed by atoms with van der Waals surface area (Å²) in [5.74, 6) is -0.470. The van der Waals surface area contributed by atoms with Crippen LogP contribution in [0.15, 0.2) is 42.5 Å². The van der Waals surface area contributed by atoms with Crippen molar-refractivity contribution in [1.82, 2.24) is 4.90 Å². The Labute approximate surface area is 189 Å². The second-order valence-electron chi connectivity index (χ2n) is 7.66. The van der Waals surface area contributed by atoms with Gasteiger partial charge in [0.05, 0.1) is 40.0 Å². The minimum atomic E-state index is -0.588. The van der Waals surface area contributed by atoms with Gasteiger partial charge in [0.1, 0.15) is 0 Å². The van der Waals surface area contributed by atoms with Crippen LogP contribution in [0.4, 0.5) is 11.4 Å². The number of nitrogens with zero attached hydrogens (tertiary/aromatic N) is 2. The fourth-order valence-corrected chi connectivity index (χ4v) is 4.22. The van der Waals surface area contributed by atoms with Gasteiger partial charge in [0.15, 0.2) is 6.29 Å². The van der Waals surface area contributed by atoms with Gasteiger partial charge in [-0.3, -0.25) is 19.7 Å². The number of halogens is 1. The number of rotatable bonds is 5.